The van der Waals surface area contributed by atoms with Crippen molar-refractivity contribution >= 4 is 5.91 Å². The van der Waals surface area contributed by atoms with Gasteiger partial charge in [0, 0.05) is 38.2 Å². The van der Waals surface area contributed by atoms with Gasteiger partial charge in [-0.15, -0.1) is 0 Å². The number of nitrogens with one attached hydrogen (secondary N) is 1. The van der Waals surface area contributed by atoms with Crippen molar-refractivity contribution in [1.82, 2.24) is 10.3 Å². The molecule has 5 nitrogen and oxygen atoms in total. The summed E-state index contributed by atoms with van der Waals surface area (Å²) in [5.74, 6) is 5.47. The molecule has 0 radical (unpaired) electrons. The lowest BCUT2D eigenvalue weighted by molar-refractivity contribution is 0.0952. The van der Waals surface area contributed by atoms with Crippen LogP contribution in [0.2, 0.25) is 0 Å². The molecule has 1 aromatic rings. The molecule has 0 aliphatic heterocycles. The molecule has 0 aliphatic carbocycles. The van der Waals surface area contributed by atoms with Crippen LogP contribution in [0.25, 0.3) is 0 Å². The summed E-state index contributed by atoms with van der Waals surface area (Å²) >= 11 is 0. The Kier molecular flexibility index (Phi) is 8.04. The first-order valence-electron chi connectivity index (χ1n) is 6.69. The highest BCUT2D eigenvalue weighted by Gasteiger charge is 2.05. The fourth-order valence-electron chi connectivity index (χ4n) is 1.64. The van der Waals surface area contributed by atoms with Gasteiger partial charge < -0.3 is 15.8 Å². The fourth-order valence-corrected chi connectivity index (χ4v) is 1.64. The third-order valence-electron chi connectivity index (χ3n) is 2.65. The molecule has 0 atom stereocenters. The number of methoxy groups -OCH3 is 1. The number of carbonyl (C=O) groups excluding carboxylic acids is 1. The van der Waals surface area contributed by atoms with E-state index in [4.69, 9.17) is 10.5 Å². The molecule has 0 aliphatic rings. The minimum absolute atomic E-state index is 0.124. The summed E-state index contributed by atoms with van der Waals surface area (Å²) in [4.78, 5) is 15.9. The van der Waals surface area contributed by atoms with Gasteiger partial charge in [-0.1, -0.05) is 11.8 Å². The van der Waals surface area contributed by atoms with Crippen LogP contribution in [0, 0.1) is 11.8 Å². The van der Waals surface area contributed by atoms with E-state index in [0.29, 0.717) is 17.7 Å². The van der Waals surface area contributed by atoms with E-state index < -0.39 is 0 Å². The van der Waals surface area contributed by atoms with Crippen molar-refractivity contribution in [2.24, 2.45) is 5.73 Å². The summed E-state index contributed by atoms with van der Waals surface area (Å²) in [6.07, 6.45) is 6.14. The quantitative estimate of drug-likeness (QED) is 0.573. The molecule has 1 heterocycles. The average Bonchev–Trinajstić information content (AvgIpc) is 2.48. The van der Waals surface area contributed by atoms with Crippen molar-refractivity contribution in [3.63, 3.8) is 0 Å². The fraction of sp³-hybridized carbons (Fsp3) is 0.467. The lowest BCUT2D eigenvalue weighted by atomic mass is 10.2. The Bertz CT molecular complexity index is 477. The van der Waals surface area contributed by atoms with Crippen LogP contribution in [0.5, 0.6) is 0 Å². The van der Waals surface area contributed by atoms with Gasteiger partial charge in [-0.05, 0) is 25.3 Å². The number of ether oxygens (including phenoxy) is 1. The predicted molar refractivity (Wildman–Crippen MR) is 78.2 cm³/mol. The number of nitrogens with two attached hydrogens (primary N) is 1. The van der Waals surface area contributed by atoms with E-state index in [2.05, 4.69) is 22.1 Å². The Morgan fingerprint density at radius 1 is 1.40 bits per heavy atom. The van der Waals surface area contributed by atoms with Crippen molar-refractivity contribution < 1.29 is 9.53 Å². The van der Waals surface area contributed by atoms with Crippen molar-refractivity contribution in [2.45, 2.75) is 19.3 Å². The summed E-state index contributed by atoms with van der Waals surface area (Å²) in [6, 6.07) is 1.72. The molecular formula is C15H21N3O2. The smallest absolute Gasteiger partial charge is 0.252 e. The maximum Gasteiger partial charge on any atom is 0.252 e. The Morgan fingerprint density at radius 3 is 3.00 bits per heavy atom. The van der Waals surface area contributed by atoms with Gasteiger partial charge >= 0.3 is 0 Å². The highest BCUT2D eigenvalue weighted by atomic mass is 16.5. The molecular weight excluding hydrogens is 254 g/mol. The molecule has 1 rings (SSSR count). The third-order valence-corrected chi connectivity index (χ3v) is 2.65. The second kappa shape index (κ2) is 9.96. The SMILES string of the molecule is COCCCCCNC(=O)c1cncc(C#CCN)c1. The van der Waals surface area contributed by atoms with Crippen LogP contribution in [-0.4, -0.2) is 37.7 Å². The number of aromatic nitrogens is 1. The number of nitrogens with zero attached hydrogens (tertiary/aromatic N) is 1. The van der Waals surface area contributed by atoms with Gasteiger partial charge in [0.15, 0.2) is 0 Å². The molecule has 108 valence electrons. The largest absolute Gasteiger partial charge is 0.385 e. The third kappa shape index (κ3) is 6.32. The summed E-state index contributed by atoms with van der Waals surface area (Å²) in [5.41, 5.74) is 6.52. The Morgan fingerprint density at radius 2 is 2.25 bits per heavy atom. The number of pyridine rings is 1. The number of hydrogen-bond donors (Lipinski definition) is 2. The number of unbranched alkanes of at least 4 members (excludes halogenated alkanes) is 2. The first-order valence-corrected chi connectivity index (χ1v) is 6.69. The summed E-state index contributed by atoms with van der Waals surface area (Å²) < 4.78 is 4.97. The van der Waals surface area contributed by atoms with Crippen LogP contribution in [0.4, 0.5) is 0 Å². The van der Waals surface area contributed by atoms with Gasteiger partial charge in [0.2, 0.25) is 0 Å². The van der Waals surface area contributed by atoms with E-state index in [0.717, 1.165) is 25.9 Å². The molecule has 5 heteroatoms. The highest BCUT2D eigenvalue weighted by Crippen LogP contribution is 2.02. The van der Waals surface area contributed by atoms with Crippen LogP contribution in [0.15, 0.2) is 18.5 Å². The number of carbonyl (C=O) groups is 1. The molecule has 0 spiro atoms. The summed E-state index contributed by atoms with van der Waals surface area (Å²) in [6.45, 7) is 1.71. The standard InChI is InChI=1S/C15H21N3O2/c1-20-9-4-2-3-8-18-15(19)14-10-13(6-5-7-16)11-17-12-14/h10-12H,2-4,7-9,16H2,1H3,(H,18,19). The summed E-state index contributed by atoms with van der Waals surface area (Å²) in [7, 11) is 1.69. The van der Waals surface area contributed by atoms with Gasteiger partial charge in [-0.25, -0.2) is 0 Å². The summed E-state index contributed by atoms with van der Waals surface area (Å²) in [5, 5.41) is 2.87. The molecule has 0 saturated carbocycles. The average molecular weight is 275 g/mol. The minimum atomic E-state index is -0.124. The van der Waals surface area contributed by atoms with Gasteiger partial charge in [-0.2, -0.15) is 0 Å². The van der Waals surface area contributed by atoms with Crippen molar-refractivity contribution in [3.8, 4) is 11.8 Å². The zero-order valence-electron chi connectivity index (χ0n) is 11.8. The first-order chi connectivity index (χ1) is 9.77. The van der Waals surface area contributed by atoms with E-state index in [9.17, 15) is 4.79 Å². The van der Waals surface area contributed by atoms with Crippen LogP contribution >= 0.6 is 0 Å². The lowest BCUT2D eigenvalue weighted by Gasteiger charge is -2.05. The van der Waals surface area contributed by atoms with Crippen LogP contribution < -0.4 is 11.1 Å². The molecule has 0 bridgehead atoms. The topological polar surface area (TPSA) is 77.2 Å². The maximum atomic E-state index is 11.9. The van der Waals surface area contributed by atoms with Gasteiger partial charge in [-0.3, -0.25) is 9.78 Å². The molecule has 3 N–H and O–H groups in total. The molecule has 0 fully saturated rings. The zero-order valence-corrected chi connectivity index (χ0v) is 11.8. The van der Waals surface area contributed by atoms with Crippen LogP contribution in [0.1, 0.15) is 35.2 Å². The van der Waals surface area contributed by atoms with E-state index in [1.165, 1.54) is 6.20 Å². The Hall–Kier alpha value is -1.90. The minimum Gasteiger partial charge on any atom is -0.385 e. The van der Waals surface area contributed by atoms with Gasteiger partial charge in [0.25, 0.3) is 5.91 Å². The molecule has 0 saturated heterocycles. The molecule has 20 heavy (non-hydrogen) atoms. The zero-order chi connectivity index (χ0) is 14.6. The van der Waals surface area contributed by atoms with E-state index in [-0.39, 0.29) is 12.5 Å². The molecule has 0 aromatic carbocycles. The number of amides is 1. The van der Waals surface area contributed by atoms with Crippen LogP contribution in [-0.2, 0) is 4.74 Å². The van der Waals surface area contributed by atoms with Crippen molar-refractivity contribution in [2.75, 3.05) is 26.8 Å². The van der Waals surface area contributed by atoms with E-state index >= 15 is 0 Å². The predicted octanol–water partition coefficient (Wildman–Crippen LogP) is 0.938. The highest BCUT2D eigenvalue weighted by molar-refractivity contribution is 5.94. The van der Waals surface area contributed by atoms with Gasteiger partial charge in [0.05, 0.1) is 12.1 Å². The first kappa shape index (κ1) is 16.2. The number of hydrogen-bond acceptors (Lipinski definition) is 4. The molecule has 1 aromatic heterocycles. The lowest BCUT2D eigenvalue weighted by Crippen LogP contribution is -2.24. The molecule has 1 amide bonds. The second-order valence-electron chi connectivity index (χ2n) is 4.28. The Labute approximate surface area is 119 Å². The normalized spacial score (nSPS) is 9.70. The van der Waals surface area contributed by atoms with Crippen molar-refractivity contribution in [1.29, 1.82) is 0 Å². The monoisotopic (exact) mass is 275 g/mol. The second-order valence-corrected chi connectivity index (χ2v) is 4.28. The van der Waals surface area contributed by atoms with Gasteiger partial charge in [0.1, 0.15) is 0 Å². The van der Waals surface area contributed by atoms with Crippen molar-refractivity contribution in [3.05, 3.63) is 29.6 Å². The van der Waals surface area contributed by atoms with Crippen LogP contribution in [0.3, 0.4) is 0 Å². The Balaban J connectivity index is 2.39. The number of rotatable bonds is 7. The van der Waals surface area contributed by atoms with E-state index in [1.807, 2.05) is 0 Å². The maximum absolute atomic E-state index is 11.9. The van der Waals surface area contributed by atoms with E-state index in [1.54, 1.807) is 19.4 Å². The molecule has 0 unspecified atom stereocenters.